The first-order valence-corrected chi connectivity index (χ1v) is 6.86. The zero-order valence-electron chi connectivity index (χ0n) is 6.56. The molecule has 0 aromatic rings. The van der Waals surface area contributed by atoms with Crippen LogP contribution in [0.1, 0.15) is 19.8 Å². The van der Waals surface area contributed by atoms with Crippen LogP contribution in [0.3, 0.4) is 0 Å². The van der Waals surface area contributed by atoms with Gasteiger partial charge in [0.25, 0.3) is 6.72 Å². The van der Waals surface area contributed by atoms with Crippen molar-refractivity contribution in [3.05, 3.63) is 0 Å². The topological polar surface area (TPSA) is 26.3 Å². The molecule has 0 aliphatic rings. The van der Waals surface area contributed by atoms with E-state index in [2.05, 4.69) is 0 Å². The second-order valence-corrected chi connectivity index (χ2v) is 5.94. The van der Waals surface area contributed by atoms with Crippen molar-refractivity contribution in [2.24, 2.45) is 0 Å². The van der Waals surface area contributed by atoms with E-state index < -0.39 is 6.72 Å². The molecule has 5 heteroatoms. The molecule has 2 nitrogen and oxygen atoms in total. The van der Waals surface area contributed by atoms with E-state index >= 15 is 0 Å². The highest BCUT2D eigenvalue weighted by atomic mass is 35.7. The quantitative estimate of drug-likeness (QED) is 0.388. The summed E-state index contributed by atoms with van der Waals surface area (Å²) < 4.78 is 16.0. The Hall–Kier alpha value is 0.770. The molecule has 0 rings (SSSR count). The number of alkyl halides is 1. The van der Waals surface area contributed by atoms with Crippen molar-refractivity contribution >= 4 is 29.6 Å². The monoisotopic (exact) mass is 218 g/mol. The average Bonchev–Trinajstić information content (AvgIpc) is 1.87. The molecule has 0 aliphatic heterocycles. The van der Waals surface area contributed by atoms with Crippen LogP contribution in [0.15, 0.2) is 0 Å². The minimum Gasteiger partial charge on any atom is -0.318 e. The smallest absolute Gasteiger partial charge is 0.290 e. The average molecular weight is 219 g/mol. The summed E-state index contributed by atoms with van der Waals surface area (Å²) >= 11 is 11.0. The number of unbranched alkanes of at least 4 members (excludes halogenated alkanes) is 1. The third-order valence-corrected chi connectivity index (χ3v) is 3.69. The van der Waals surface area contributed by atoms with E-state index in [-0.39, 0.29) is 0 Å². The Bertz CT molecular complexity index is 141. The predicted octanol–water partition coefficient (Wildman–Crippen LogP) is 3.47. The molecular formula is C6H13Cl2O2P. The van der Waals surface area contributed by atoms with Gasteiger partial charge in [0.15, 0.2) is 0 Å². The highest BCUT2D eigenvalue weighted by Gasteiger charge is 2.16. The summed E-state index contributed by atoms with van der Waals surface area (Å²) in [5.41, 5.74) is 0. The molecule has 0 aliphatic carbocycles. The van der Waals surface area contributed by atoms with Crippen LogP contribution < -0.4 is 0 Å². The van der Waals surface area contributed by atoms with Crippen molar-refractivity contribution in [1.29, 1.82) is 0 Å². The Balaban J connectivity index is 3.47. The lowest BCUT2D eigenvalue weighted by atomic mass is 10.4. The maximum atomic E-state index is 11.2. The van der Waals surface area contributed by atoms with Gasteiger partial charge in [0.1, 0.15) is 0 Å². The van der Waals surface area contributed by atoms with Crippen molar-refractivity contribution in [3.8, 4) is 0 Å². The second kappa shape index (κ2) is 6.30. The van der Waals surface area contributed by atoms with Crippen molar-refractivity contribution in [3.63, 3.8) is 0 Å². The van der Waals surface area contributed by atoms with E-state index in [4.69, 9.17) is 27.4 Å². The zero-order valence-corrected chi connectivity index (χ0v) is 8.96. The van der Waals surface area contributed by atoms with Crippen LogP contribution in [0.25, 0.3) is 0 Å². The van der Waals surface area contributed by atoms with E-state index in [0.29, 0.717) is 18.6 Å². The van der Waals surface area contributed by atoms with Gasteiger partial charge in [-0.05, 0) is 31.0 Å². The van der Waals surface area contributed by atoms with Gasteiger partial charge in [0.05, 0.1) is 6.61 Å². The molecule has 1 unspecified atom stereocenters. The number of rotatable bonds is 6. The molecule has 0 spiro atoms. The van der Waals surface area contributed by atoms with Crippen LogP contribution >= 0.6 is 29.6 Å². The van der Waals surface area contributed by atoms with Crippen LogP contribution in [0.2, 0.25) is 0 Å². The van der Waals surface area contributed by atoms with E-state index in [9.17, 15) is 4.57 Å². The third kappa shape index (κ3) is 7.14. The molecule has 0 amide bonds. The highest BCUT2D eigenvalue weighted by Crippen LogP contribution is 2.52. The number of hydrogen-bond acceptors (Lipinski definition) is 2. The summed E-state index contributed by atoms with van der Waals surface area (Å²) in [6.07, 6.45) is 2.03. The standard InChI is InChI=1S/C6H13Cl2O2P/c1-2-10-11(8,9)6-4-3-5-7/h2-6H2,1H3. The van der Waals surface area contributed by atoms with Crippen LogP contribution in [-0.2, 0) is 9.09 Å². The first-order valence-electron chi connectivity index (χ1n) is 3.61. The SMILES string of the molecule is CCOP(=O)(Cl)CCCCCl. The Morgan fingerprint density at radius 1 is 1.45 bits per heavy atom. The van der Waals surface area contributed by atoms with Gasteiger partial charge in [0.2, 0.25) is 0 Å². The van der Waals surface area contributed by atoms with Crippen LogP contribution in [0, 0.1) is 0 Å². The molecule has 0 saturated heterocycles. The minimum absolute atomic E-state index is 0.404. The zero-order chi connectivity index (χ0) is 8.74. The Kier molecular flexibility index (Phi) is 6.75. The van der Waals surface area contributed by atoms with Crippen LogP contribution in [-0.4, -0.2) is 18.6 Å². The summed E-state index contributed by atoms with van der Waals surface area (Å²) in [6.45, 7) is -0.630. The fourth-order valence-corrected chi connectivity index (χ4v) is 2.61. The maximum Gasteiger partial charge on any atom is 0.290 e. The molecule has 0 aromatic heterocycles. The first-order chi connectivity index (χ1) is 5.12. The fourth-order valence-electron chi connectivity index (χ4n) is 0.652. The van der Waals surface area contributed by atoms with Crippen molar-refractivity contribution < 1.29 is 9.09 Å². The lowest BCUT2D eigenvalue weighted by Gasteiger charge is -2.08. The third-order valence-electron chi connectivity index (χ3n) is 1.13. The molecular weight excluding hydrogens is 206 g/mol. The predicted molar refractivity (Wildman–Crippen MR) is 49.9 cm³/mol. The van der Waals surface area contributed by atoms with E-state index in [1.807, 2.05) is 0 Å². The summed E-state index contributed by atoms with van der Waals surface area (Å²) in [5.74, 6) is 0.586. The van der Waals surface area contributed by atoms with Crippen molar-refractivity contribution in [1.82, 2.24) is 0 Å². The Morgan fingerprint density at radius 2 is 2.09 bits per heavy atom. The summed E-state index contributed by atoms with van der Waals surface area (Å²) in [7, 11) is 0. The van der Waals surface area contributed by atoms with E-state index in [1.54, 1.807) is 6.92 Å². The molecule has 0 aromatic carbocycles. The highest BCUT2D eigenvalue weighted by molar-refractivity contribution is 7.85. The van der Waals surface area contributed by atoms with Gasteiger partial charge in [-0.15, -0.1) is 11.6 Å². The fraction of sp³-hybridized carbons (Fsp3) is 1.00. The second-order valence-electron chi connectivity index (χ2n) is 2.13. The maximum absolute atomic E-state index is 11.2. The van der Waals surface area contributed by atoms with Gasteiger partial charge in [-0.1, -0.05) is 0 Å². The molecule has 0 N–H and O–H groups in total. The lowest BCUT2D eigenvalue weighted by molar-refractivity contribution is 0.344. The molecule has 68 valence electrons. The Labute approximate surface area is 77.5 Å². The van der Waals surface area contributed by atoms with E-state index in [1.165, 1.54) is 0 Å². The van der Waals surface area contributed by atoms with Crippen molar-refractivity contribution in [2.75, 3.05) is 18.6 Å². The summed E-state index contributed by atoms with van der Waals surface area (Å²) in [6, 6.07) is 0. The molecule has 0 radical (unpaired) electrons. The van der Waals surface area contributed by atoms with Gasteiger partial charge >= 0.3 is 0 Å². The first kappa shape index (κ1) is 11.8. The van der Waals surface area contributed by atoms with E-state index in [0.717, 1.165) is 12.8 Å². The van der Waals surface area contributed by atoms with Gasteiger partial charge in [0, 0.05) is 12.0 Å². The molecule has 0 saturated carbocycles. The van der Waals surface area contributed by atoms with Crippen LogP contribution in [0.4, 0.5) is 0 Å². The molecule has 0 fully saturated rings. The van der Waals surface area contributed by atoms with Gasteiger partial charge in [-0.3, -0.25) is 4.57 Å². The summed E-state index contributed by atoms with van der Waals surface area (Å²) in [4.78, 5) is 0. The lowest BCUT2D eigenvalue weighted by Crippen LogP contribution is -1.90. The number of hydrogen-bond donors (Lipinski definition) is 0. The van der Waals surface area contributed by atoms with Crippen molar-refractivity contribution in [2.45, 2.75) is 19.8 Å². The summed E-state index contributed by atoms with van der Waals surface area (Å²) in [5, 5.41) is 0. The molecule has 11 heavy (non-hydrogen) atoms. The van der Waals surface area contributed by atoms with Gasteiger partial charge in [-0.25, -0.2) is 0 Å². The molecule has 1 atom stereocenters. The minimum atomic E-state index is -2.81. The van der Waals surface area contributed by atoms with Gasteiger partial charge in [-0.2, -0.15) is 0 Å². The van der Waals surface area contributed by atoms with Gasteiger partial charge < -0.3 is 4.52 Å². The molecule has 0 heterocycles. The number of halogens is 2. The normalized spacial score (nSPS) is 16.3. The largest absolute Gasteiger partial charge is 0.318 e. The Morgan fingerprint density at radius 3 is 2.55 bits per heavy atom. The molecule has 0 bridgehead atoms. The van der Waals surface area contributed by atoms with Crippen LogP contribution in [0.5, 0.6) is 0 Å².